The maximum Gasteiger partial charge on any atom is 0.169 e. The number of hydrogen-bond acceptors (Lipinski definition) is 2. The molecule has 5 heteroatoms. The maximum atomic E-state index is 5.74. The Morgan fingerprint density at radius 2 is 2.19 bits per heavy atom. The fourth-order valence-corrected chi connectivity index (χ4v) is 2.88. The Hall–Kier alpha value is -0.310. The van der Waals surface area contributed by atoms with Crippen LogP contribution in [0.4, 0.5) is 0 Å². The van der Waals surface area contributed by atoms with E-state index in [9.17, 15) is 0 Å². The Morgan fingerprint density at radius 3 is 3.06 bits per heavy atom. The van der Waals surface area contributed by atoms with Crippen molar-refractivity contribution in [3.8, 4) is 17.0 Å². The number of H-pyrrole nitrogens is 1. The number of rotatable bonds is 0. The van der Waals surface area contributed by atoms with Crippen LogP contribution in [0.25, 0.3) is 11.3 Å². The molecule has 1 aliphatic heterocycles. The summed E-state index contributed by atoms with van der Waals surface area (Å²) in [6.45, 7) is 0.707. The van der Waals surface area contributed by atoms with E-state index in [0.29, 0.717) is 6.61 Å². The summed E-state index contributed by atoms with van der Waals surface area (Å²) in [6.07, 6.45) is 0.886. The molecule has 3 rings (SSSR count). The molecule has 0 saturated carbocycles. The molecule has 0 aliphatic carbocycles. The van der Waals surface area contributed by atoms with Crippen LogP contribution in [0.2, 0.25) is 0 Å². The maximum absolute atomic E-state index is 5.74. The molecule has 0 saturated heterocycles. The lowest BCUT2D eigenvalue weighted by Gasteiger charge is -2.06. The Balaban J connectivity index is 2.24. The second kappa shape index (κ2) is 4.17. The molecule has 1 N–H and O–H groups in total. The van der Waals surface area contributed by atoms with E-state index in [-0.39, 0.29) is 0 Å². The molecule has 0 radical (unpaired) electrons. The average molecular weight is 438 g/mol. The van der Waals surface area contributed by atoms with E-state index in [0.717, 1.165) is 27.3 Å². The van der Waals surface area contributed by atoms with Gasteiger partial charge < -0.3 is 9.72 Å². The molecule has 2 aromatic rings. The molecule has 82 valence electrons. The van der Waals surface area contributed by atoms with Gasteiger partial charge in [0.15, 0.2) is 3.83 Å². The second-order valence-electron chi connectivity index (χ2n) is 3.59. The molecular formula is C11H8I2N2O. The lowest BCUT2D eigenvalue weighted by Crippen LogP contribution is -1.99. The van der Waals surface area contributed by atoms with Crippen LogP contribution in [0.15, 0.2) is 18.2 Å². The molecule has 3 nitrogen and oxygen atoms in total. The van der Waals surface area contributed by atoms with Crippen molar-refractivity contribution in [1.82, 2.24) is 9.97 Å². The Kier molecular flexibility index (Phi) is 2.82. The first-order chi connectivity index (χ1) is 7.74. The summed E-state index contributed by atoms with van der Waals surface area (Å²) in [5.41, 5.74) is 3.30. The molecule has 1 aromatic heterocycles. The zero-order chi connectivity index (χ0) is 11.1. The van der Waals surface area contributed by atoms with Crippen molar-refractivity contribution >= 4 is 45.2 Å². The highest BCUT2D eigenvalue weighted by atomic mass is 127. The minimum atomic E-state index is 0.707. The first-order valence-electron chi connectivity index (χ1n) is 4.91. The van der Waals surface area contributed by atoms with Crippen LogP contribution in [0.1, 0.15) is 5.69 Å². The highest BCUT2D eigenvalue weighted by Crippen LogP contribution is 2.35. The quantitative estimate of drug-likeness (QED) is 0.642. The molecule has 2 heterocycles. The number of benzene rings is 1. The van der Waals surface area contributed by atoms with Crippen molar-refractivity contribution in [1.29, 1.82) is 0 Å². The molecule has 0 unspecified atom stereocenters. The van der Waals surface area contributed by atoms with Gasteiger partial charge in [-0.3, -0.25) is 0 Å². The number of nitrogens with one attached hydrogen (secondary N) is 1. The minimum Gasteiger partial charge on any atom is -0.492 e. The zero-order valence-electron chi connectivity index (χ0n) is 8.26. The first-order valence-corrected chi connectivity index (χ1v) is 7.07. The molecule has 0 fully saturated rings. The third kappa shape index (κ3) is 1.83. The van der Waals surface area contributed by atoms with Crippen molar-refractivity contribution in [3.63, 3.8) is 0 Å². The Bertz CT molecular complexity index is 551. The fraction of sp³-hybridized carbons (Fsp3) is 0.182. The number of nitrogens with zero attached hydrogens (tertiary/aromatic N) is 1. The molecule has 0 bridgehead atoms. The first kappa shape index (κ1) is 10.8. The predicted octanol–water partition coefficient (Wildman–Crippen LogP) is 3.22. The van der Waals surface area contributed by atoms with Crippen LogP contribution >= 0.6 is 45.2 Å². The molecule has 16 heavy (non-hydrogen) atoms. The van der Waals surface area contributed by atoms with Gasteiger partial charge in [0, 0.05) is 21.2 Å². The van der Waals surface area contributed by atoms with Gasteiger partial charge in [-0.15, -0.1) is 0 Å². The van der Waals surface area contributed by atoms with Crippen LogP contribution in [0.3, 0.4) is 0 Å². The van der Waals surface area contributed by atoms with Gasteiger partial charge in [-0.05, 0) is 63.4 Å². The van der Waals surface area contributed by atoms with Crippen LogP contribution in [0.5, 0.6) is 5.75 Å². The molecular weight excluding hydrogens is 430 g/mol. The highest BCUT2D eigenvalue weighted by Gasteiger charge is 2.19. The molecule has 1 aromatic carbocycles. The molecule has 1 aliphatic rings. The van der Waals surface area contributed by atoms with Gasteiger partial charge in [-0.2, -0.15) is 0 Å². The molecule has 0 atom stereocenters. The van der Waals surface area contributed by atoms with Crippen molar-refractivity contribution in [3.05, 3.63) is 31.3 Å². The van der Waals surface area contributed by atoms with Crippen molar-refractivity contribution in [2.24, 2.45) is 0 Å². The number of imidazole rings is 1. The summed E-state index contributed by atoms with van der Waals surface area (Å²) in [6, 6.07) is 6.23. The summed E-state index contributed by atoms with van der Waals surface area (Å²) >= 11 is 4.50. The number of halogens is 2. The molecule has 0 spiro atoms. The lowest BCUT2D eigenvalue weighted by atomic mass is 10.1. The van der Waals surface area contributed by atoms with Gasteiger partial charge in [0.1, 0.15) is 5.75 Å². The van der Waals surface area contributed by atoms with E-state index < -0.39 is 0 Å². The second-order valence-corrected chi connectivity index (χ2v) is 5.86. The number of ether oxygens (including phenoxy) is 1. The van der Waals surface area contributed by atoms with Gasteiger partial charge >= 0.3 is 0 Å². The zero-order valence-corrected chi connectivity index (χ0v) is 12.6. The van der Waals surface area contributed by atoms with E-state index in [1.165, 1.54) is 9.26 Å². The van der Waals surface area contributed by atoms with Crippen molar-refractivity contribution < 1.29 is 4.74 Å². The minimum absolute atomic E-state index is 0.707. The summed E-state index contributed by atoms with van der Waals surface area (Å²) in [5.74, 6) is 0.938. The number of hydrogen-bond donors (Lipinski definition) is 1. The Morgan fingerprint density at radius 1 is 1.31 bits per heavy atom. The average Bonchev–Trinajstić information content (AvgIpc) is 2.52. The van der Waals surface area contributed by atoms with Crippen LogP contribution in [-0.4, -0.2) is 16.6 Å². The third-order valence-electron chi connectivity index (χ3n) is 2.56. The van der Waals surface area contributed by atoms with Gasteiger partial charge in [-0.25, -0.2) is 4.98 Å². The third-order valence-corrected chi connectivity index (χ3v) is 3.74. The van der Waals surface area contributed by atoms with Crippen LogP contribution < -0.4 is 4.74 Å². The normalized spacial score (nSPS) is 13.6. The van der Waals surface area contributed by atoms with E-state index in [2.05, 4.69) is 73.3 Å². The van der Waals surface area contributed by atoms with Gasteiger partial charge in [0.25, 0.3) is 0 Å². The number of aromatic nitrogens is 2. The monoisotopic (exact) mass is 438 g/mol. The van der Waals surface area contributed by atoms with Gasteiger partial charge in [0.05, 0.1) is 12.3 Å². The molecule has 0 amide bonds. The predicted molar refractivity (Wildman–Crippen MR) is 78.7 cm³/mol. The summed E-state index contributed by atoms with van der Waals surface area (Å²) in [7, 11) is 0. The van der Waals surface area contributed by atoms with E-state index >= 15 is 0 Å². The van der Waals surface area contributed by atoms with Gasteiger partial charge in [0.2, 0.25) is 0 Å². The number of aromatic amines is 1. The van der Waals surface area contributed by atoms with E-state index in [1.807, 2.05) is 0 Å². The highest BCUT2D eigenvalue weighted by molar-refractivity contribution is 14.1. The fourth-order valence-electron chi connectivity index (χ4n) is 1.86. The summed E-state index contributed by atoms with van der Waals surface area (Å²) in [4.78, 5) is 7.82. The smallest absolute Gasteiger partial charge is 0.169 e. The number of fused-ring (bicyclic) bond motifs is 3. The van der Waals surface area contributed by atoms with E-state index in [4.69, 9.17) is 4.74 Å². The van der Waals surface area contributed by atoms with E-state index in [1.54, 1.807) is 0 Å². The SMILES string of the molecule is Ic1ccc2c(c1)OCCc1[nH]c(I)nc1-2. The largest absolute Gasteiger partial charge is 0.492 e. The van der Waals surface area contributed by atoms with Crippen LogP contribution in [-0.2, 0) is 6.42 Å². The van der Waals surface area contributed by atoms with Gasteiger partial charge in [-0.1, -0.05) is 0 Å². The van der Waals surface area contributed by atoms with Crippen LogP contribution in [0, 0.1) is 7.40 Å². The summed E-state index contributed by atoms with van der Waals surface area (Å²) in [5, 5.41) is 0. The van der Waals surface area contributed by atoms with Crippen molar-refractivity contribution in [2.45, 2.75) is 6.42 Å². The topological polar surface area (TPSA) is 37.9 Å². The standard InChI is InChI=1S/C11H8I2N2O/c12-6-1-2-7-9(5-6)16-4-3-8-10(7)15-11(13)14-8/h1-2,5H,3-4H2,(H,14,15). The Labute approximate surface area is 120 Å². The summed E-state index contributed by atoms with van der Waals surface area (Å²) < 4.78 is 7.87. The van der Waals surface area contributed by atoms with Crippen molar-refractivity contribution in [2.75, 3.05) is 6.61 Å². The lowest BCUT2D eigenvalue weighted by molar-refractivity contribution is 0.325.